The SMILES string of the molecule is CCc1cc(C)cc(C2CCC3(CC2)CN(C(=O)[C@H]2C[C@@](C)(O)C2)C3)c1. The Hall–Kier alpha value is -1.35. The third-order valence-electron chi connectivity index (χ3n) is 7.17. The number of nitrogens with zero attached hydrogens (tertiary/aromatic N) is 1. The summed E-state index contributed by atoms with van der Waals surface area (Å²) in [6.07, 6.45) is 7.41. The van der Waals surface area contributed by atoms with Gasteiger partial charge in [-0.1, -0.05) is 30.7 Å². The zero-order valence-electron chi connectivity index (χ0n) is 16.6. The largest absolute Gasteiger partial charge is 0.390 e. The Bertz CT molecular complexity index is 684. The fourth-order valence-corrected chi connectivity index (χ4v) is 5.57. The number of carbonyl (C=O) groups is 1. The van der Waals surface area contributed by atoms with Gasteiger partial charge in [-0.2, -0.15) is 0 Å². The van der Waals surface area contributed by atoms with Gasteiger partial charge in [-0.05, 0) is 75.8 Å². The van der Waals surface area contributed by atoms with E-state index in [1.54, 1.807) is 0 Å². The molecular formula is C23H33NO2. The quantitative estimate of drug-likeness (QED) is 0.882. The first-order chi connectivity index (χ1) is 12.3. The number of rotatable bonds is 3. The van der Waals surface area contributed by atoms with Crippen molar-refractivity contribution in [3.05, 3.63) is 34.9 Å². The van der Waals surface area contributed by atoms with Gasteiger partial charge in [-0.25, -0.2) is 0 Å². The Morgan fingerprint density at radius 1 is 1.19 bits per heavy atom. The van der Waals surface area contributed by atoms with Gasteiger partial charge in [0.2, 0.25) is 5.91 Å². The molecule has 3 fully saturated rings. The van der Waals surface area contributed by atoms with Crippen LogP contribution in [-0.2, 0) is 11.2 Å². The number of carbonyl (C=O) groups excluding carboxylic acids is 1. The standard InChI is InChI=1S/C23H33NO2/c1-4-17-9-16(2)10-19(11-17)18-5-7-23(8-6-18)14-24(15-23)21(25)20-12-22(3,26)13-20/h9-11,18,20,26H,4-8,12-15H2,1-3H3/t20-,22+. The maximum Gasteiger partial charge on any atom is 0.225 e. The molecule has 2 aliphatic carbocycles. The average Bonchev–Trinajstić information content (AvgIpc) is 2.56. The van der Waals surface area contributed by atoms with Gasteiger partial charge in [0.05, 0.1) is 5.60 Å². The second-order valence-corrected chi connectivity index (χ2v) is 9.68. The molecule has 1 saturated heterocycles. The molecule has 0 unspecified atom stereocenters. The highest BCUT2D eigenvalue weighted by molar-refractivity contribution is 5.81. The van der Waals surface area contributed by atoms with E-state index in [0.29, 0.717) is 24.2 Å². The predicted molar refractivity (Wildman–Crippen MR) is 104 cm³/mol. The lowest BCUT2D eigenvalue weighted by Crippen LogP contribution is -2.62. The molecule has 142 valence electrons. The van der Waals surface area contributed by atoms with Gasteiger partial charge in [-0.15, -0.1) is 0 Å². The van der Waals surface area contributed by atoms with E-state index in [9.17, 15) is 9.90 Å². The lowest BCUT2D eigenvalue weighted by molar-refractivity contribution is -0.163. The summed E-state index contributed by atoms with van der Waals surface area (Å²) in [4.78, 5) is 14.6. The maximum atomic E-state index is 12.5. The topological polar surface area (TPSA) is 40.5 Å². The Morgan fingerprint density at radius 3 is 2.42 bits per heavy atom. The number of hydrogen-bond donors (Lipinski definition) is 1. The Kier molecular flexibility index (Phi) is 4.42. The van der Waals surface area contributed by atoms with Gasteiger partial charge >= 0.3 is 0 Å². The highest BCUT2D eigenvalue weighted by atomic mass is 16.3. The summed E-state index contributed by atoms with van der Waals surface area (Å²) >= 11 is 0. The van der Waals surface area contributed by atoms with Gasteiger partial charge in [0.15, 0.2) is 0 Å². The second kappa shape index (κ2) is 6.37. The summed E-state index contributed by atoms with van der Waals surface area (Å²) in [5.41, 5.74) is 4.15. The van der Waals surface area contributed by atoms with Gasteiger partial charge in [0.1, 0.15) is 0 Å². The van der Waals surface area contributed by atoms with E-state index < -0.39 is 5.60 Å². The number of hydrogen-bond acceptors (Lipinski definition) is 2. The second-order valence-electron chi connectivity index (χ2n) is 9.68. The molecule has 1 aromatic rings. The number of aliphatic hydroxyl groups is 1. The van der Waals surface area contributed by atoms with Crippen LogP contribution in [-0.4, -0.2) is 34.6 Å². The van der Waals surface area contributed by atoms with E-state index in [1.165, 1.54) is 42.4 Å². The molecule has 0 bridgehead atoms. The molecule has 3 nitrogen and oxygen atoms in total. The van der Waals surface area contributed by atoms with Crippen LogP contribution in [0.15, 0.2) is 18.2 Å². The lowest BCUT2D eigenvalue weighted by Gasteiger charge is -2.55. The summed E-state index contributed by atoms with van der Waals surface area (Å²) in [6, 6.07) is 7.09. The van der Waals surface area contributed by atoms with Gasteiger partial charge < -0.3 is 10.0 Å². The Labute approximate surface area is 157 Å². The molecule has 1 amide bonds. The molecule has 1 spiro atoms. The summed E-state index contributed by atoms with van der Waals surface area (Å²) in [5.74, 6) is 1.05. The van der Waals surface area contributed by atoms with E-state index in [1.807, 2.05) is 6.92 Å². The number of benzene rings is 1. The smallest absolute Gasteiger partial charge is 0.225 e. The Morgan fingerprint density at radius 2 is 1.85 bits per heavy atom. The predicted octanol–water partition coefficient (Wildman–Crippen LogP) is 4.20. The highest BCUT2D eigenvalue weighted by Gasteiger charge is 2.51. The summed E-state index contributed by atoms with van der Waals surface area (Å²) in [6.45, 7) is 8.18. The Balaban J connectivity index is 1.31. The van der Waals surface area contributed by atoms with Crippen molar-refractivity contribution in [1.82, 2.24) is 4.90 Å². The van der Waals surface area contributed by atoms with Gasteiger partial charge in [-0.3, -0.25) is 4.79 Å². The number of likely N-dealkylation sites (tertiary alicyclic amines) is 1. The van der Waals surface area contributed by atoms with Crippen LogP contribution >= 0.6 is 0 Å². The van der Waals surface area contributed by atoms with Gasteiger partial charge in [0, 0.05) is 24.4 Å². The van der Waals surface area contributed by atoms with Crippen molar-refractivity contribution >= 4 is 5.91 Å². The van der Waals surface area contributed by atoms with E-state index in [2.05, 4.69) is 36.9 Å². The summed E-state index contributed by atoms with van der Waals surface area (Å²) < 4.78 is 0. The minimum absolute atomic E-state index is 0.0680. The van der Waals surface area contributed by atoms with Crippen molar-refractivity contribution in [2.45, 2.75) is 77.2 Å². The molecule has 26 heavy (non-hydrogen) atoms. The van der Waals surface area contributed by atoms with Gasteiger partial charge in [0.25, 0.3) is 0 Å². The number of amides is 1. The highest BCUT2D eigenvalue weighted by Crippen LogP contribution is 2.50. The van der Waals surface area contributed by atoms with Crippen LogP contribution in [0.1, 0.15) is 75.0 Å². The minimum atomic E-state index is -0.605. The summed E-state index contributed by atoms with van der Waals surface area (Å²) in [7, 11) is 0. The van der Waals surface area contributed by atoms with Crippen LogP contribution in [0.3, 0.4) is 0 Å². The van der Waals surface area contributed by atoms with Crippen LogP contribution < -0.4 is 0 Å². The van der Waals surface area contributed by atoms with E-state index in [-0.39, 0.29) is 11.8 Å². The third kappa shape index (κ3) is 3.31. The molecule has 3 heteroatoms. The van der Waals surface area contributed by atoms with Crippen molar-refractivity contribution in [1.29, 1.82) is 0 Å². The van der Waals surface area contributed by atoms with Crippen molar-refractivity contribution in [2.24, 2.45) is 11.3 Å². The first kappa shape index (κ1) is 18.0. The van der Waals surface area contributed by atoms with Crippen LogP contribution in [0.2, 0.25) is 0 Å². The van der Waals surface area contributed by atoms with Crippen LogP contribution in [0.4, 0.5) is 0 Å². The van der Waals surface area contributed by atoms with Crippen molar-refractivity contribution < 1.29 is 9.90 Å². The van der Waals surface area contributed by atoms with E-state index >= 15 is 0 Å². The zero-order chi connectivity index (χ0) is 18.5. The van der Waals surface area contributed by atoms with E-state index in [0.717, 1.165) is 19.5 Å². The van der Waals surface area contributed by atoms with Crippen LogP contribution in [0.5, 0.6) is 0 Å². The van der Waals surface area contributed by atoms with Crippen molar-refractivity contribution in [3.63, 3.8) is 0 Å². The van der Waals surface area contributed by atoms with Crippen molar-refractivity contribution in [2.75, 3.05) is 13.1 Å². The molecule has 2 saturated carbocycles. The molecule has 1 aromatic carbocycles. The molecule has 1 aliphatic heterocycles. The lowest BCUT2D eigenvalue weighted by atomic mass is 9.63. The van der Waals surface area contributed by atoms with Crippen molar-refractivity contribution in [3.8, 4) is 0 Å². The van der Waals surface area contributed by atoms with Crippen LogP contribution in [0, 0.1) is 18.3 Å². The molecule has 0 radical (unpaired) electrons. The molecule has 1 heterocycles. The molecule has 3 aliphatic rings. The van der Waals surface area contributed by atoms with Crippen LogP contribution in [0.25, 0.3) is 0 Å². The molecule has 1 N–H and O–H groups in total. The monoisotopic (exact) mass is 355 g/mol. The summed E-state index contributed by atoms with van der Waals surface area (Å²) in [5, 5.41) is 9.87. The first-order valence-electron chi connectivity index (χ1n) is 10.4. The van der Waals surface area contributed by atoms with E-state index in [4.69, 9.17) is 0 Å². The first-order valence-corrected chi connectivity index (χ1v) is 10.4. The number of aryl methyl sites for hydroxylation is 2. The molecular weight excluding hydrogens is 322 g/mol. The maximum absolute atomic E-state index is 12.5. The zero-order valence-corrected chi connectivity index (χ0v) is 16.6. The normalized spacial score (nSPS) is 30.8. The molecule has 4 rings (SSSR count). The fourth-order valence-electron chi connectivity index (χ4n) is 5.57. The average molecular weight is 356 g/mol. The third-order valence-corrected chi connectivity index (χ3v) is 7.17. The molecule has 0 atom stereocenters. The minimum Gasteiger partial charge on any atom is -0.390 e. The molecule has 0 aromatic heterocycles. The fraction of sp³-hybridized carbons (Fsp3) is 0.696.